The molecular formula is C31H38B2N2O9. The lowest BCUT2D eigenvalue weighted by Gasteiger charge is -2.30. The van der Waals surface area contributed by atoms with Crippen LogP contribution in [-0.2, 0) is 9.59 Å². The van der Waals surface area contributed by atoms with Gasteiger partial charge in [0, 0.05) is 6.54 Å². The molecule has 0 aliphatic heterocycles. The SMILES string of the molecule is CCC(=C(c1ccc(OCCN(C)C)cc1)c1ccc(OC(=O)C(B(O)O)N(C)C(B(O)O)C(=O)O)cc1)c1ccccc1. The van der Waals surface area contributed by atoms with Crippen LogP contribution in [0.3, 0.4) is 0 Å². The van der Waals surface area contributed by atoms with Crippen molar-refractivity contribution < 1.29 is 44.3 Å². The Morgan fingerprint density at radius 2 is 1.27 bits per heavy atom. The Labute approximate surface area is 257 Å². The molecule has 0 radical (unpaired) electrons. The van der Waals surface area contributed by atoms with Crippen molar-refractivity contribution >= 4 is 37.3 Å². The number of esters is 1. The average Bonchev–Trinajstić information content (AvgIpc) is 2.96. The van der Waals surface area contributed by atoms with Gasteiger partial charge < -0.3 is 39.6 Å². The maximum Gasteiger partial charge on any atom is 0.481 e. The smallest absolute Gasteiger partial charge is 0.481 e. The lowest BCUT2D eigenvalue weighted by atomic mass is 9.72. The molecule has 5 N–H and O–H groups in total. The molecular weight excluding hydrogens is 566 g/mol. The quantitative estimate of drug-likeness (QED) is 0.0744. The molecule has 0 aliphatic carbocycles. The third kappa shape index (κ3) is 9.02. The van der Waals surface area contributed by atoms with E-state index in [9.17, 15) is 34.8 Å². The zero-order valence-corrected chi connectivity index (χ0v) is 25.2. The molecule has 3 rings (SSSR count). The van der Waals surface area contributed by atoms with Gasteiger partial charge in [0.05, 0.1) is 0 Å². The van der Waals surface area contributed by atoms with Crippen LogP contribution < -0.4 is 9.47 Å². The Hall–Kier alpha value is -3.97. The molecule has 0 bridgehead atoms. The van der Waals surface area contributed by atoms with Gasteiger partial charge in [-0.1, -0.05) is 61.5 Å². The van der Waals surface area contributed by atoms with Crippen molar-refractivity contribution in [3.05, 3.63) is 95.6 Å². The number of aliphatic carboxylic acids is 1. The van der Waals surface area contributed by atoms with Crippen molar-refractivity contribution in [2.24, 2.45) is 0 Å². The van der Waals surface area contributed by atoms with Crippen LogP contribution in [0.1, 0.15) is 30.0 Å². The average molecular weight is 604 g/mol. The van der Waals surface area contributed by atoms with Gasteiger partial charge in [-0.2, -0.15) is 0 Å². The van der Waals surface area contributed by atoms with Crippen LogP contribution in [0, 0.1) is 0 Å². The first-order valence-corrected chi connectivity index (χ1v) is 14.1. The van der Waals surface area contributed by atoms with Gasteiger partial charge in [-0.05, 0) is 79.7 Å². The highest BCUT2D eigenvalue weighted by molar-refractivity contribution is 6.51. The highest BCUT2D eigenvalue weighted by atomic mass is 16.5. The van der Waals surface area contributed by atoms with Crippen LogP contribution >= 0.6 is 0 Å². The predicted molar refractivity (Wildman–Crippen MR) is 169 cm³/mol. The number of likely N-dealkylation sites (N-methyl/N-ethyl adjacent to an activating group) is 2. The topological polar surface area (TPSA) is 160 Å². The zero-order chi connectivity index (χ0) is 32.4. The van der Waals surface area contributed by atoms with E-state index in [1.165, 1.54) is 0 Å². The summed E-state index contributed by atoms with van der Waals surface area (Å²) in [7, 11) is 0.241. The van der Waals surface area contributed by atoms with Crippen molar-refractivity contribution in [2.75, 3.05) is 34.3 Å². The summed E-state index contributed by atoms with van der Waals surface area (Å²) in [6.07, 6.45) is 0.723. The van der Waals surface area contributed by atoms with Crippen LogP contribution in [0.5, 0.6) is 11.5 Å². The third-order valence-electron chi connectivity index (χ3n) is 7.03. The van der Waals surface area contributed by atoms with Crippen LogP contribution in [0.15, 0.2) is 78.9 Å². The fraction of sp³-hybridized carbons (Fsp3) is 0.290. The van der Waals surface area contributed by atoms with E-state index in [2.05, 4.69) is 6.92 Å². The van der Waals surface area contributed by atoms with Crippen molar-refractivity contribution in [1.82, 2.24) is 9.80 Å². The number of rotatable bonds is 15. The van der Waals surface area contributed by atoms with Crippen molar-refractivity contribution in [2.45, 2.75) is 25.2 Å². The molecule has 0 aliphatic rings. The molecule has 2 unspecified atom stereocenters. The van der Waals surface area contributed by atoms with Crippen LogP contribution in [-0.4, -0.2) is 107 Å². The molecule has 3 aromatic rings. The standard InChI is InChI=1S/C31H38B2N2O9/c1-5-26(21-9-7-6-8-10-21)27(22-11-15-24(16-12-22)43-20-19-34(2)3)23-13-17-25(18-14-23)44-31(38)29(33(41)42)35(4)28(30(36)37)32(39)40/h6-18,28-29,39-42H,5,19-20H2,1-4H3,(H,36,37). The lowest BCUT2D eigenvalue weighted by molar-refractivity contribution is -0.144. The summed E-state index contributed by atoms with van der Waals surface area (Å²) >= 11 is 0. The Kier molecular flexibility index (Phi) is 12.7. The number of hydrogen-bond donors (Lipinski definition) is 5. The monoisotopic (exact) mass is 604 g/mol. The molecule has 232 valence electrons. The third-order valence-corrected chi connectivity index (χ3v) is 7.03. The summed E-state index contributed by atoms with van der Waals surface area (Å²) in [5.74, 6) is -5.99. The summed E-state index contributed by atoms with van der Waals surface area (Å²) < 4.78 is 11.2. The second-order valence-electron chi connectivity index (χ2n) is 10.4. The molecule has 0 heterocycles. The van der Waals surface area contributed by atoms with Gasteiger partial charge >= 0.3 is 26.2 Å². The van der Waals surface area contributed by atoms with E-state index in [-0.39, 0.29) is 5.75 Å². The first kappa shape index (κ1) is 34.5. The lowest BCUT2D eigenvalue weighted by Crippen LogP contribution is -2.61. The molecule has 3 aromatic carbocycles. The van der Waals surface area contributed by atoms with Gasteiger partial charge in [0.15, 0.2) is 0 Å². The van der Waals surface area contributed by atoms with Gasteiger partial charge in [-0.15, -0.1) is 0 Å². The maximum absolute atomic E-state index is 12.9. The predicted octanol–water partition coefficient (Wildman–Crippen LogP) is 1.68. The number of hydrogen-bond acceptors (Lipinski definition) is 10. The van der Waals surface area contributed by atoms with Crippen LogP contribution in [0.25, 0.3) is 11.1 Å². The van der Waals surface area contributed by atoms with Gasteiger partial charge in [0.1, 0.15) is 30.0 Å². The second kappa shape index (κ2) is 16.2. The minimum absolute atomic E-state index is 0.0657. The number of allylic oxidation sites excluding steroid dienone is 1. The van der Waals surface area contributed by atoms with E-state index >= 15 is 0 Å². The van der Waals surface area contributed by atoms with Crippen LogP contribution in [0.2, 0.25) is 0 Å². The van der Waals surface area contributed by atoms with E-state index in [0.29, 0.717) is 11.5 Å². The van der Waals surface area contributed by atoms with E-state index in [0.717, 1.165) is 53.6 Å². The molecule has 0 amide bonds. The van der Waals surface area contributed by atoms with E-state index in [4.69, 9.17) is 9.47 Å². The second-order valence-corrected chi connectivity index (χ2v) is 10.4. The highest BCUT2D eigenvalue weighted by Gasteiger charge is 2.45. The number of benzene rings is 3. The Bertz CT molecular complexity index is 1400. The van der Waals surface area contributed by atoms with Crippen molar-refractivity contribution in [3.63, 3.8) is 0 Å². The van der Waals surface area contributed by atoms with Crippen molar-refractivity contribution in [1.29, 1.82) is 0 Å². The summed E-state index contributed by atoms with van der Waals surface area (Å²) in [5, 5.41) is 47.9. The van der Waals surface area contributed by atoms with E-state index in [1.54, 1.807) is 24.3 Å². The van der Waals surface area contributed by atoms with Gasteiger partial charge in [0.25, 0.3) is 0 Å². The molecule has 13 heteroatoms. The number of carbonyl (C=O) groups is 2. The van der Waals surface area contributed by atoms with E-state index in [1.807, 2.05) is 73.6 Å². The van der Waals surface area contributed by atoms with Crippen molar-refractivity contribution in [3.8, 4) is 11.5 Å². The molecule has 0 saturated carbocycles. The van der Waals surface area contributed by atoms with Gasteiger partial charge in [0.2, 0.25) is 0 Å². The molecule has 0 fully saturated rings. The van der Waals surface area contributed by atoms with Gasteiger partial charge in [-0.25, -0.2) is 0 Å². The largest absolute Gasteiger partial charge is 0.492 e. The zero-order valence-electron chi connectivity index (χ0n) is 25.2. The number of nitrogens with zero attached hydrogens (tertiary/aromatic N) is 2. The summed E-state index contributed by atoms with van der Waals surface area (Å²) in [5.41, 5.74) is 4.87. The number of carboxylic acids is 1. The highest BCUT2D eigenvalue weighted by Crippen LogP contribution is 2.35. The van der Waals surface area contributed by atoms with Gasteiger partial charge in [-0.3, -0.25) is 14.5 Å². The fourth-order valence-electron chi connectivity index (χ4n) is 4.79. The minimum atomic E-state index is -2.40. The Morgan fingerprint density at radius 1 is 0.750 bits per heavy atom. The molecule has 0 spiro atoms. The van der Waals surface area contributed by atoms with E-state index < -0.39 is 38.1 Å². The number of carboxylic acid groups (broad SMARTS) is 1. The first-order valence-electron chi connectivity index (χ1n) is 14.1. The maximum atomic E-state index is 12.9. The molecule has 0 saturated heterocycles. The first-order chi connectivity index (χ1) is 20.9. The fourth-order valence-corrected chi connectivity index (χ4v) is 4.79. The van der Waals surface area contributed by atoms with Crippen LogP contribution in [0.4, 0.5) is 0 Å². The molecule has 0 aromatic heterocycles. The molecule has 11 nitrogen and oxygen atoms in total. The summed E-state index contributed by atoms with van der Waals surface area (Å²) in [6.45, 7) is 3.42. The summed E-state index contributed by atoms with van der Waals surface area (Å²) in [4.78, 5) is 27.1. The summed E-state index contributed by atoms with van der Waals surface area (Å²) in [6, 6.07) is 24.4. The Balaban J connectivity index is 1.95. The number of ether oxygens (including phenoxy) is 2. The minimum Gasteiger partial charge on any atom is -0.492 e. The normalized spacial score (nSPS) is 13.2. The number of carbonyl (C=O) groups excluding carboxylic acids is 1. The molecule has 44 heavy (non-hydrogen) atoms. The molecule has 2 atom stereocenters. The Morgan fingerprint density at radius 3 is 1.73 bits per heavy atom.